The van der Waals surface area contributed by atoms with Gasteiger partial charge in [0.1, 0.15) is 6.61 Å². The molecule has 0 aliphatic carbocycles. The van der Waals surface area contributed by atoms with E-state index in [4.69, 9.17) is 4.74 Å². The highest BCUT2D eigenvalue weighted by Gasteiger charge is 2.23. The zero-order valence-corrected chi connectivity index (χ0v) is 11.1. The summed E-state index contributed by atoms with van der Waals surface area (Å²) in [6.45, 7) is 5.29. The van der Waals surface area contributed by atoms with E-state index in [0.29, 0.717) is 26.2 Å². The molecule has 0 bridgehead atoms. The number of nitrogens with zero attached hydrogens (tertiary/aromatic N) is 1. The van der Waals surface area contributed by atoms with E-state index < -0.39 is 0 Å². The zero-order valence-electron chi connectivity index (χ0n) is 11.1. The van der Waals surface area contributed by atoms with Crippen LogP contribution >= 0.6 is 0 Å². The quantitative estimate of drug-likeness (QED) is 0.802. The highest BCUT2D eigenvalue weighted by molar-refractivity contribution is 5.89. The molecule has 0 atom stereocenters. The van der Waals surface area contributed by atoms with Crippen LogP contribution < -0.4 is 15.5 Å². The molecule has 3 amide bonds. The molecule has 0 unspecified atom stereocenters. The van der Waals surface area contributed by atoms with E-state index in [2.05, 4.69) is 17.2 Å². The number of hydrogen-bond donors (Lipinski definition) is 2. The van der Waals surface area contributed by atoms with Crippen molar-refractivity contribution in [3.63, 3.8) is 0 Å². The highest BCUT2D eigenvalue weighted by Crippen LogP contribution is 2.19. The molecule has 1 aromatic carbocycles. The number of cyclic esters (lactones) is 1. The van der Waals surface area contributed by atoms with Gasteiger partial charge < -0.3 is 15.4 Å². The average molecular weight is 275 g/mol. The second-order valence-corrected chi connectivity index (χ2v) is 4.29. The number of amides is 3. The van der Waals surface area contributed by atoms with E-state index in [-0.39, 0.29) is 12.1 Å². The summed E-state index contributed by atoms with van der Waals surface area (Å²) in [6, 6.07) is 7.18. The standard InChI is InChI=1S/C14H17N3O3/c1-2-6-15-13(18)16-10-11-4-3-5-12(9-11)17-7-8-20-14(17)19/h2-5,9H,1,6-8,10H2,(H2,15,16,18). The predicted molar refractivity (Wildman–Crippen MR) is 75.6 cm³/mol. The summed E-state index contributed by atoms with van der Waals surface area (Å²) in [4.78, 5) is 24.5. The molecule has 2 rings (SSSR count). The van der Waals surface area contributed by atoms with Crippen LogP contribution in [0.5, 0.6) is 0 Å². The third-order valence-corrected chi connectivity index (χ3v) is 2.84. The van der Waals surface area contributed by atoms with Gasteiger partial charge in [0.25, 0.3) is 0 Å². The van der Waals surface area contributed by atoms with Gasteiger partial charge in [0.15, 0.2) is 0 Å². The van der Waals surface area contributed by atoms with Crippen LogP contribution in [0.2, 0.25) is 0 Å². The Morgan fingerprint density at radius 3 is 3.00 bits per heavy atom. The van der Waals surface area contributed by atoms with Crippen LogP contribution in [0.25, 0.3) is 0 Å². The maximum Gasteiger partial charge on any atom is 0.414 e. The summed E-state index contributed by atoms with van der Waals surface area (Å²) in [5.74, 6) is 0. The molecule has 20 heavy (non-hydrogen) atoms. The Morgan fingerprint density at radius 2 is 2.30 bits per heavy atom. The van der Waals surface area contributed by atoms with Crippen LogP contribution in [0.3, 0.4) is 0 Å². The van der Waals surface area contributed by atoms with Gasteiger partial charge in [0.05, 0.1) is 6.54 Å². The van der Waals surface area contributed by atoms with Gasteiger partial charge in [-0.25, -0.2) is 9.59 Å². The Kier molecular flexibility index (Phi) is 4.60. The van der Waals surface area contributed by atoms with Crippen LogP contribution in [0.4, 0.5) is 15.3 Å². The lowest BCUT2D eigenvalue weighted by Gasteiger charge is -2.14. The fraction of sp³-hybridized carbons (Fsp3) is 0.286. The second kappa shape index (κ2) is 6.60. The van der Waals surface area contributed by atoms with Gasteiger partial charge in [-0.1, -0.05) is 18.2 Å². The van der Waals surface area contributed by atoms with Gasteiger partial charge in [-0.2, -0.15) is 0 Å². The smallest absolute Gasteiger partial charge is 0.414 e. The van der Waals surface area contributed by atoms with Crippen LogP contribution in [0.1, 0.15) is 5.56 Å². The molecule has 0 radical (unpaired) electrons. The topological polar surface area (TPSA) is 70.7 Å². The molecule has 1 saturated heterocycles. The van der Waals surface area contributed by atoms with Crippen molar-refractivity contribution in [1.29, 1.82) is 0 Å². The molecule has 0 aromatic heterocycles. The van der Waals surface area contributed by atoms with Gasteiger partial charge in [-0.3, -0.25) is 4.90 Å². The minimum atomic E-state index is -0.334. The number of carbonyl (C=O) groups excluding carboxylic acids is 2. The van der Waals surface area contributed by atoms with Gasteiger partial charge >= 0.3 is 12.1 Å². The lowest BCUT2D eigenvalue weighted by Crippen LogP contribution is -2.35. The van der Waals surface area contributed by atoms with Gasteiger partial charge in [-0.15, -0.1) is 6.58 Å². The maximum absolute atomic E-state index is 11.5. The molecule has 2 N–H and O–H groups in total. The highest BCUT2D eigenvalue weighted by atomic mass is 16.6. The molecule has 1 aliphatic rings. The van der Waals surface area contributed by atoms with Gasteiger partial charge in [0, 0.05) is 18.8 Å². The summed E-state index contributed by atoms with van der Waals surface area (Å²) < 4.78 is 4.90. The Balaban J connectivity index is 1.94. The Morgan fingerprint density at radius 1 is 1.45 bits per heavy atom. The van der Waals surface area contributed by atoms with Crippen molar-refractivity contribution in [1.82, 2.24) is 10.6 Å². The third-order valence-electron chi connectivity index (χ3n) is 2.84. The number of rotatable bonds is 5. The Labute approximate surface area is 117 Å². The molecular formula is C14H17N3O3. The van der Waals surface area contributed by atoms with Crippen LogP contribution in [-0.2, 0) is 11.3 Å². The number of urea groups is 1. The molecule has 106 valence electrons. The van der Waals surface area contributed by atoms with E-state index in [1.54, 1.807) is 11.0 Å². The van der Waals surface area contributed by atoms with E-state index in [9.17, 15) is 9.59 Å². The first-order valence-corrected chi connectivity index (χ1v) is 6.36. The van der Waals surface area contributed by atoms with Crippen LogP contribution in [0, 0.1) is 0 Å². The Bertz CT molecular complexity index is 516. The minimum absolute atomic E-state index is 0.254. The molecule has 1 heterocycles. The largest absolute Gasteiger partial charge is 0.447 e. The lowest BCUT2D eigenvalue weighted by atomic mass is 10.2. The van der Waals surface area contributed by atoms with Crippen LogP contribution in [-0.4, -0.2) is 31.8 Å². The zero-order chi connectivity index (χ0) is 14.4. The van der Waals surface area contributed by atoms with Crippen LogP contribution in [0.15, 0.2) is 36.9 Å². The molecular weight excluding hydrogens is 258 g/mol. The Hall–Kier alpha value is -2.50. The van der Waals surface area contributed by atoms with Crippen molar-refractivity contribution < 1.29 is 14.3 Å². The number of benzene rings is 1. The maximum atomic E-state index is 11.5. The van der Waals surface area contributed by atoms with Crippen molar-refractivity contribution >= 4 is 17.8 Å². The average Bonchev–Trinajstić information content (AvgIpc) is 2.89. The summed E-state index contributed by atoms with van der Waals surface area (Å²) in [5.41, 5.74) is 1.69. The SMILES string of the molecule is C=CCNC(=O)NCc1cccc(N2CCOC2=O)c1. The molecule has 6 heteroatoms. The van der Waals surface area contributed by atoms with E-state index >= 15 is 0 Å². The second-order valence-electron chi connectivity index (χ2n) is 4.29. The van der Waals surface area contributed by atoms with E-state index in [0.717, 1.165) is 11.3 Å². The summed E-state index contributed by atoms with van der Waals surface area (Å²) in [7, 11) is 0. The molecule has 0 spiro atoms. The van der Waals surface area contributed by atoms with Crippen molar-refractivity contribution in [2.75, 3.05) is 24.6 Å². The fourth-order valence-corrected chi connectivity index (χ4v) is 1.87. The van der Waals surface area contributed by atoms with Gasteiger partial charge in [0.2, 0.25) is 0 Å². The van der Waals surface area contributed by atoms with Crippen molar-refractivity contribution in [2.45, 2.75) is 6.54 Å². The number of anilines is 1. The fourth-order valence-electron chi connectivity index (χ4n) is 1.87. The van der Waals surface area contributed by atoms with E-state index in [1.165, 1.54) is 0 Å². The molecule has 1 fully saturated rings. The number of ether oxygens (including phenoxy) is 1. The van der Waals surface area contributed by atoms with E-state index in [1.807, 2.05) is 24.3 Å². The minimum Gasteiger partial charge on any atom is -0.447 e. The summed E-state index contributed by atoms with van der Waals surface area (Å²) in [6.07, 6.45) is 1.28. The van der Waals surface area contributed by atoms with Crippen molar-refractivity contribution in [3.8, 4) is 0 Å². The predicted octanol–water partition coefficient (Wildman–Crippen LogP) is 1.63. The first-order valence-electron chi connectivity index (χ1n) is 6.36. The molecule has 0 saturated carbocycles. The first kappa shape index (κ1) is 13.9. The first-order chi connectivity index (χ1) is 9.70. The van der Waals surface area contributed by atoms with Crippen molar-refractivity contribution in [2.24, 2.45) is 0 Å². The summed E-state index contributed by atoms with van der Waals surface area (Å²) in [5, 5.41) is 5.36. The molecule has 1 aliphatic heterocycles. The number of nitrogens with one attached hydrogen (secondary N) is 2. The number of carbonyl (C=O) groups is 2. The van der Waals surface area contributed by atoms with Gasteiger partial charge in [-0.05, 0) is 17.7 Å². The molecule has 1 aromatic rings. The number of hydrogen-bond acceptors (Lipinski definition) is 3. The monoisotopic (exact) mass is 275 g/mol. The summed E-state index contributed by atoms with van der Waals surface area (Å²) >= 11 is 0. The third kappa shape index (κ3) is 3.50. The van der Waals surface area contributed by atoms with Crippen molar-refractivity contribution in [3.05, 3.63) is 42.5 Å². The molecule has 6 nitrogen and oxygen atoms in total. The lowest BCUT2D eigenvalue weighted by molar-refractivity contribution is 0.181. The normalized spacial score (nSPS) is 13.8.